The fourth-order valence-electron chi connectivity index (χ4n) is 2.89. The molecule has 124 valence electrons. The molecule has 0 aromatic heterocycles. The molecule has 0 spiro atoms. The van der Waals surface area contributed by atoms with Gasteiger partial charge in [0.1, 0.15) is 0 Å². The monoisotopic (exact) mass is 348 g/mol. The van der Waals surface area contributed by atoms with Gasteiger partial charge in [-0.15, -0.1) is 11.8 Å². The molecule has 3 aromatic carbocycles. The van der Waals surface area contributed by atoms with Crippen molar-refractivity contribution in [1.82, 2.24) is 0 Å². The van der Waals surface area contributed by atoms with Crippen molar-refractivity contribution in [2.45, 2.75) is 11.3 Å². The highest BCUT2D eigenvalue weighted by atomic mass is 32.2. The Balaban J connectivity index is 1.64. The molecule has 1 aliphatic rings. The van der Waals surface area contributed by atoms with Gasteiger partial charge in [-0.1, -0.05) is 36.4 Å². The third-order valence-corrected chi connectivity index (χ3v) is 5.22. The van der Waals surface area contributed by atoms with E-state index in [-0.39, 0.29) is 11.8 Å². The van der Waals surface area contributed by atoms with E-state index in [0.29, 0.717) is 17.7 Å². The number of anilines is 2. The summed E-state index contributed by atoms with van der Waals surface area (Å²) in [6, 6.07) is 19.2. The van der Waals surface area contributed by atoms with Crippen molar-refractivity contribution in [2.24, 2.45) is 0 Å². The first kappa shape index (κ1) is 15.7. The maximum absolute atomic E-state index is 12.7. The molecule has 0 aliphatic carbocycles. The van der Waals surface area contributed by atoms with Crippen LogP contribution in [0.25, 0.3) is 10.8 Å². The number of fused-ring (bicyclic) bond motifs is 2. The summed E-state index contributed by atoms with van der Waals surface area (Å²) < 4.78 is 0. The van der Waals surface area contributed by atoms with Crippen LogP contribution in [0.15, 0.2) is 65.6 Å². The number of nitrogens with one attached hydrogen (secondary N) is 2. The zero-order valence-electron chi connectivity index (χ0n) is 13.4. The van der Waals surface area contributed by atoms with Gasteiger partial charge in [-0.3, -0.25) is 9.59 Å². The number of benzene rings is 3. The molecule has 0 bridgehead atoms. The first-order chi connectivity index (χ1) is 12.2. The van der Waals surface area contributed by atoms with Crippen LogP contribution in [0.4, 0.5) is 11.4 Å². The summed E-state index contributed by atoms with van der Waals surface area (Å²) in [6.45, 7) is 0. The molecule has 0 fully saturated rings. The fourth-order valence-corrected chi connectivity index (χ4v) is 3.83. The lowest BCUT2D eigenvalue weighted by Gasteiger charge is -2.11. The Morgan fingerprint density at radius 2 is 1.88 bits per heavy atom. The summed E-state index contributed by atoms with van der Waals surface area (Å²) in [7, 11) is 0. The van der Waals surface area contributed by atoms with E-state index in [1.54, 1.807) is 23.9 Å². The number of thioether (sulfide) groups is 1. The Morgan fingerprint density at radius 1 is 1.04 bits per heavy atom. The number of hydrogen-bond donors (Lipinski definition) is 2. The lowest BCUT2D eigenvalue weighted by atomic mass is 10.1. The smallest absolute Gasteiger partial charge is 0.255 e. The average Bonchev–Trinajstić information content (AvgIpc) is 2.81. The molecule has 25 heavy (non-hydrogen) atoms. The zero-order chi connectivity index (χ0) is 17.2. The molecule has 4 nitrogen and oxygen atoms in total. The predicted octanol–water partition coefficient (Wildman–Crippen LogP) is 4.53. The van der Waals surface area contributed by atoms with Crippen LogP contribution in [0.5, 0.6) is 0 Å². The van der Waals surface area contributed by atoms with Crippen molar-refractivity contribution in [1.29, 1.82) is 0 Å². The summed E-state index contributed by atoms with van der Waals surface area (Å²) >= 11 is 1.62. The van der Waals surface area contributed by atoms with Gasteiger partial charge >= 0.3 is 0 Å². The lowest BCUT2D eigenvalue weighted by Crippen LogP contribution is -2.14. The van der Waals surface area contributed by atoms with Gasteiger partial charge in [-0.2, -0.15) is 0 Å². The molecule has 0 saturated heterocycles. The van der Waals surface area contributed by atoms with Crippen LogP contribution in [0, 0.1) is 0 Å². The molecule has 3 aromatic rings. The second-order valence-electron chi connectivity index (χ2n) is 5.84. The van der Waals surface area contributed by atoms with Crippen molar-refractivity contribution in [3.8, 4) is 0 Å². The fraction of sp³-hybridized carbons (Fsp3) is 0.100. The van der Waals surface area contributed by atoms with Crippen molar-refractivity contribution in [3.63, 3.8) is 0 Å². The standard InChI is InChI=1S/C20H16N2O2S/c23-19-10-11-25-18-9-8-14(12-17(18)21-19)20(24)22-16-7-3-5-13-4-1-2-6-15(13)16/h1-9,12H,10-11H2,(H,21,23)(H,22,24). The Morgan fingerprint density at radius 3 is 2.80 bits per heavy atom. The molecule has 1 heterocycles. The van der Waals surface area contributed by atoms with Gasteiger partial charge < -0.3 is 10.6 Å². The highest BCUT2D eigenvalue weighted by Crippen LogP contribution is 2.32. The molecule has 0 atom stereocenters. The average molecular weight is 348 g/mol. The summed E-state index contributed by atoms with van der Waals surface area (Å²) in [4.78, 5) is 25.4. The molecular weight excluding hydrogens is 332 g/mol. The van der Waals surface area contributed by atoms with Crippen molar-refractivity contribution in [2.75, 3.05) is 16.4 Å². The van der Waals surface area contributed by atoms with Crippen LogP contribution >= 0.6 is 11.8 Å². The molecule has 0 radical (unpaired) electrons. The summed E-state index contributed by atoms with van der Waals surface area (Å²) in [5.74, 6) is 0.543. The van der Waals surface area contributed by atoms with E-state index >= 15 is 0 Å². The number of carbonyl (C=O) groups is 2. The Hall–Kier alpha value is -2.79. The van der Waals surface area contributed by atoms with E-state index in [4.69, 9.17) is 0 Å². The molecular formula is C20H16N2O2S. The van der Waals surface area contributed by atoms with E-state index in [0.717, 1.165) is 27.1 Å². The summed E-state index contributed by atoms with van der Waals surface area (Å²) in [5.41, 5.74) is 2.00. The second kappa shape index (κ2) is 6.61. The Kier molecular flexibility index (Phi) is 4.15. The molecule has 0 unspecified atom stereocenters. The normalized spacial score (nSPS) is 13.7. The first-order valence-corrected chi connectivity index (χ1v) is 9.05. The molecule has 2 amide bonds. The second-order valence-corrected chi connectivity index (χ2v) is 6.98. The Labute approximate surface area is 149 Å². The van der Waals surface area contributed by atoms with Crippen LogP contribution < -0.4 is 10.6 Å². The summed E-state index contributed by atoms with van der Waals surface area (Å²) in [5, 5.41) is 7.92. The van der Waals surface area contributed by atoms with Crippen LogP contribution in [0.1, 0.15) is 16.8 Å². The maximum Gasteiger partial charge on any atom is 0.255 e. The van der Waals surface area contributed by atoms with Crippen molar-refractivity contribution in [3.05, 3.63) is 66.2 Å². The number of carbonyl (C=O) groups excluding carboxylic acids is 2. The van der Waals surface area contributed by atoms with E-state index in [1.807, 2.05) is 48.5 Å². The molecule has 4 rings (SSSR count). The van der Waals surface area contributed by atoms with E-state index in [2.05, 4.69) is 10.6 Å². The van der Waals surface area contributed by atoms with E-state index in [9.17, 15) is 9.59 Å². The van der Waals surface area contributed by atoms with Crippen LogP contribution in [-0.2, 0) is 4.79 Å². The molecule has 2 N–H and O–H groups in total. The largest absolute Gasteiger partial charge is 0.325 e. The quantitative estimate of drug-likeness (QED) is 0.715. The highest BCUT2D eigenvalue weighted by Gasteiger charge is 2.16. The maximum atomic E-state index is 12.7. The molecule has 5 heteroatoms. The number of hydrogen-bond acceptors (Lipinski definition) is 3. The molecule has 1 aliphatic heterocycles. The number of amides is 2. The van der Waals surface area contributed by atoms with Crippen LogP contribution in [0.3, 0.4) is 0 Å². The lowest BCUT2D eigenvalue weighted by molar-refractivity contribution is -0.115. The van der Waals surface area contributed by atoms with Gasteiger partial charge in [0.2, 0.25) is 5.91 Å². The van der Waals surface area contributed by atoms with Gasteiger partial charge in [-0.05, 0) is 29.7 Å². The molecule has 0 saturated carbocycles. The van der Waals surface area contributed by atoms with Gasteiger partial charge in [0.15, 0.2) is 0 Å². The minimum Gasteiger partial charge on any atom is -0.325 e. The van der Waals surface area contributed by atoms with Gasteiger partial charge in [0, 0.05) is 33.7 Å². The van der Waals surface area contributed by atoms with Crippen LogP contribution in [-0.4, -0.2) is 17.6 Å². The third-order valence-electron chi connectivity index (χ3n) is 4.14. The minimum atomic E-state index is -0.192. The topological polar surface area (TPSA) is 58.2 Å². The van der Waals surface area contributed by atoms with Gasteiger partial charge in [0.25, 0.3) is 5.91 Å². The van der Waals surface area contributed by atoms with Gasteiger partial charge in [0.05, 0.1) is 5.69 Å². The van der Waals surface area contributed by atoms with Crippen molar-refractivity contribution >= 4 is 45.7 Å². The predicted molar refractivity (Wildman–Crippen MR) is 102 cm³/mol. The van der Waals surface area contributed by atoms with Gasteiger partial charge in [-0.25, -0.2) is 0 Å². The van der Waals surface area contributed by atoms with Crippen molar-refractivity contribution < 1.29 is 9.59 Å². The summed E-state index contributed by atoms with van der Waals surface area (Å²) in [6.07, 6.45) is 0.483. The Bertz CT molecular complexity index is 979. The highest BCUT2D eigenvalue weighted by molar-refractivity contribution is 7.99. The SMILES string of the molecule is O=C1CCSc2ccc(C(=O)Nc3cccc4ccccc34)cc2N1. The minimum absolute atomic E-state index is 0.0159. The third kappa shape index (κ3) is 3.23. The van der Waals surface area contributed by atoms with E-state index < -0.39 is 0 Å². The number of rotatable bonds is 2. The zero-order valence-corrected chi connectivity index (χ0v) is 14.2. The first-order valence-electron chi connectivity index (χ1n) is 8.06. The van der Waals surface area contributed by atoms with Crippen LogP contribution in [0.2, 0.25) is 0 Å². The van der Waals surface area contributed by atoms with E-state index in [1.165, 1.54) is 0 Å².